The Hall–Kier alpha value is -2.18. The van der Waals surface area contributed by atoms with E-state index < -0.39 is 6.10 Å². The summed E-state index contributed by atoms with van der Waals surface area (Å²) in [7, 11) is 1.66. The summed E-state index contributed by atoms with van der Waals surface area (Å²) in [5.41, 5.74) is 9.66. The van der Waals surface area contributed by atoms with E-state index in [1.165, 1.54) is 0 Å². The summed E-state index contributed by atoms with van der Waals surface area (Å²) >= 11 is 0. The predicted molar refractivity (Wildman–Crippen MR) is 111 cm³/mol. The number of aliphatic hydroxyl groups excluding tert-OH is 1. The number of benzene rings is 2. The van der Waals surface area contributed by atoms with Gasteiger partial charge in [0.2, 0.25) is 0 Å². The molecule has 0 unspecified atom stereocenters. The molecule has 0 heterocycles. The molecule has 1 aliphatic carbocycles. The second-order valence-electron chi connectivity index (χ2n) is 7.22. The third kappa shape index (κ3) is 5.00. The van der Waals surface area contributed by atoms with Gasteiger partial charge in [0.05, 0.1) is 25.9 Å². The zero-order valence-electron chi connectivity index (χ0n) is 16.4. The van der Waals surface area contributed by atoms with Crippen LogP contribution in [0.5, 0.6) is 5.75 Å². The van der Waals surface area contributed by atoms with Gasteiger partial charge in [-0.1, -0.05) is 42.5 Å². The maximum absolute atomic E-state index is 10.5. The molecule has 0 saturated carbocycles. The van der Waals surface area contributed by atoms with Crippen molar-refractivity contribution in [2.75, 3.05) is 20.3 Å². The molecule has 0 fully saturated rings. The highest BCUT2D eigenvalue weighted by atomic mass is 16.5. The monoisotopic (exact) mass is 382 g/mol. The molecular weight excluding hydrogens is 352 g/mol. The first kappa shape index (κ1) is 20.6. The minimum absolute atomic E-state index is 0.00606. The van der Waals surface area contributed by atoms with Gasteiger partial charge in [-0.05, 0) is 41.7 Å². The summed E-state index contributed by atoms with van der Waals surface area (Å²) in [6.45, 7) is 4.66. The maximum atomic E-state index is 10.5. The topological polar surface area (TPSA) is 76.7 Å². The molecule has 0 spiro atoms. The summed E-state index contributed by atoms with van der Waals surface area (Å²) in [6, 6.07) is 15.8. The Morgan fingerprint density at radius 1 is 1.25 bits per heavy atom. The summed E-state index contributed by atoms with van der Waals surface area (Å²) in [4.78, 5) is 0. The fourth-order valence-corrected chi connectivity index (χ4v) is 3.71. The molecule has 0 aliphatic heterocycles. The highest BCUT2D eigenvalue weighted by Crippen LogP contribution is 2.42. The molecule has 28 heavy (non-hydrogen) atoms. The molecule has 0 amide bonds. The fourth-order valence-electron chi connectivity index (χ4n) is 3.71. The van der Waals surface area contributed by atoms with Crippen molar-refractivity contribution >= 4 is 0 Å². The Kier molecular flexibility index (Phi) is 7.23. The van der Waals surface area contributed by atoms with Gasteiger partial charge >= 0.3 is 0 Å². The SMILES string of the molecule is C=CCO[C@@H]1C[C@H](NC[C@@H](O)[C@@H](N)Cc2ccccc2)c2cc(OC)ccc21. The van der Waals surface area contributed by atoms with Crippen LogP contribution in [-0.4, -0.2) is 37.5 Å². The van der Waals surface area contributed by atoms with Crippen molar-refractivity contribution in [1.29, 1.82) is 0 Å². The van der Waals surface area contributed by atoms with Gasteiger partial charge in [-0.15, -0.1) is 6.58 Å². The lowest BCUT2D eigenvalue weighted by molar-refractivity contribution is 0.0678. The molecule has 2 aromatic rings. The molecule has 150 valence electrons. The van der Waals surface area contributed by atoms with Crippen LogP contribution < -0.4 is 15.8 Å². The number of hydrogen-bond acceptors (Lipinski definition) is 5. The predicted octanol–water partition coefficient (Wildman–Crippen LogP) is 2.90. The highest BCUT2D eigenvalue weighted by molar-refractivity contribution is 5.42. The summed E-state index contributed by atoms with van der Waals surface area (Å²) < 4.78 is 11.3. The second kappa shape index (κ2) is 9.85. The lowest BCUT2D eigenvalue weighted by Crippen LogP contribution is -2.43. The summed E-state index contributed by atoms with van der Waals surface area (Å²) in [5, 5.41) is 14.0. The average molecular weight is 383 g/mol. The van der Waals surface area contributed by atoms with Gasteiger partial charge in [0, 0.05) is 18.6 Å². The van der Waals surface area contributed by atoms with Crippen LogP contribution in [0.15, 0.2) is 61.2 Å². The van der Waals surface area contributed by atoms with Crippen molar-refractivity contribution in [3.8, 4) is 5.75 Å². The third-order valence-electron chi connectivity index (χ3n) is 5.26. The molecule has 0 radical (unpaired) electrons. The number of fused-ring (bicyclic) bond motifs is 1. The van der Waals surface area contributed by atoms with E-state index in [2.05, 4.69) is 18.0 Å². The van der Waals surface area contributed by atoms with Crippen molar-refractivity contribution < 1.29 is 14.6 Å². The van der Waals surface area contributed by atoms with Crippen molar-refractivity contribution in [3.63, 3.8) is 0 Å². The third-order valence-corrected chi connectivity index (χ3v) is 5.26. The normalized spacial score (nSPS) is 20.4. The van der Waals surface area contributed by atoms with Gasteiger partial charge in [-0.25, -0.2) is 0 Å². The number of ether oxygens (including phenoxy) is 2. The van der Waals surface area contributed by atoms with Crippen LogP contribution in [-0.2, 0) is 11.2 Å². The number of nitrogens with two attached hydrogens (primary N) is 1. The van der Waals surface area contributed by atoms with Gasteiger partial charge in [-0.2, -0.15) is 0 Å². The smallest absolute Gasteiger partial charge is 0.119 e. The van der Waals surface area contributed by atoms with Crippen LogP contribution >= 0.6 is 0 Å². The number of methoxy groups -OCH3 is 1. The van der Waals surface area contributed by atoms with Gasteiger partial charge in [0.1, 0.15) is 5.75 Å². The van der Waals surface area contributed by atoms with Gasteiger partial charge in [0.25, 0.3) is 0 Å². The molecule has 4 N–H and O–H groups in total. The molecule has 5 heteroatoms. The van der Waals surface area contributed by atoms with E-state index in [0.29, 0.717) is 19.6 Å². The van der Waals surface area contributed by atoms with Crippen molar-refractivity contribution in [2.24, 2.45) is 5.73 Å². The molecule has 0 saturated heterocycles. The fraction of sp³-hybridized carbons (Fsp3) is 0.391. The van der Waals surface area contributed by atoms with Gasteiger partial charge in [0.15, 0.2) is 0 Å². The zero-order chi connectivity index (χ0) is 19.9. The van der Waals surface area contributed by atoms with E-state index in [0.717, 1.165) is 28.9 Å². The molecule has 5 nitrogen and oxygen atoms in total. The van der Waals surface area contributed by atoms with Crippen molar-refractivity contribution in [3.05, 3.63) is 77.9 Å². The van der Waals surface area contributed by atoms with Crippen molar-refractivity contribution in [2.45, 2.75) is 37.1 Å². The Balaban J connectivity index is 1.62. The lowest BCUT2D eigenvalue weighted by Gasteiger charge is -2.22. The highest BCUT2D eigenvalue weighted by Gasteiger charge is 2.32. The number of nitrogens with one attached hydrogen (secondary N) is 1. The maximum Gasteiger partial charge on any atom is 0.119 e. The quantitative estimate of drug-likeness (QED) is 0.551. The van der Waals surface area contributed by atoms with Crippen LogP contribution in [0.2, 0.25) is 0 Å². The van der Waals surface area contributed by atoms with Gasteiger partial charge in [-0.3, -0.25) is 0 Å². The van der Waals surface area contributed by atoms with Crippen LogP contribution in [0.3, 0.4) is 0 Å². The van der Waals surface area contributed by atoms with Crippen LogP contribution in [0.4, 0.5) is 0 Å². The molecule has 4 atom stereocenters. The molecular formula is C23H30N2O3. The van der Waals surface area contributed by atoms with E-state index >= 15 is 0 Å². The molecule has 2 aromatic carbocycles. The molecule has 0 aromatic heterocycles. The van der Waals surface area contributed by atoms with Crippen molar-refractivity contribution in [1.82, 2.24) is 5.32 Å². The molecule has 0 bridgehead atoms. The van der Waals surface area contributed by atoms with Gasteiger partial charge < -0.3 is 25.6 Å². The number of rotatable bonds is 10. The Morgan fingerprint density at radius 2 is 2.04 bits per heavy atom. The lowest BCUT2D eigenvalue weighted by atomic mass is 10.0. The molecule has 3 rings (SSSR count). The Bertz CT molecular complexity index is 766. The number of aliphatic hydroxyl groups is 1. The first-order chi connectivity index (χ1) is 13.6. The van der Waals surface area contributed by atoms with Crippen LogP contribution in [0.1, 0.15) is 35.3 Å². The average Bonchev–Trinajstić information content (AvgIpc) is 3.07. The first-order valence-corrected chi connectivity index (χ1v) is 9.73. The van der Waals surface area contributed by atoms with E-state index in [1.807, 2.05) is 42.5 Å². The zero-order valence-corrected chi connectivity index (χ0v) is 16.4. The largest absolute Gasteiger partial charge is 0.497 e. The number of hydrogen-bond donors (Lipinski definition) is 3. The van der Waals surface area contributed by atoms with E-state index in [9.17, 15) is 5.11 Å². The Labute approximate surface area is 167 Å². The Morgan fingerprint density at radius 3 is 2.75 bits per heavy atom. The molecule has 1 aliphatic rings. The minimum atomic E-state index is -0.637. The summed E-state index contributed by atoms with van der Waals surface area (Å²) in [6.07, 6.45) is 2.57. The van der Waals surface area contributed by atoms with E-state index in [1.54, 1.807) is 13.2 Å². The second-order valence-corrected chi connectivity index (χ2v) is 7.22. The van der Waals surface area contributed by atoms with E-state index in [-0.39, 0.29) is 18.2 Å². The standard InChI is InChI=1S/C23H30N2O3/c1-3-11-28-23-14-21(19-13-17(27-2)9-10-18(19)23)25-15-22(26)20(24)12-16-7-5-4-6-8-16/h3-10,13,20-23,25-26H,1,11-12,14-15,24H2,2H3/t20-,21-,22+,23+/m0/s1. The van der Waals surface area contributed by atoms with E-state index in [4.69, 9.17) is 15.2 Å². The van der Waals surface area contributed by atoms with Crippen LogP contribution in [0.25, 0.3) is 0 Å². The van der Waals surface area contributed by atoms with Crippen LogP contribution in [0, 0.1) is 0 Å². The minimum Gasteiger partial charge on any atom is -0.497 e. The summed E-state index contributed by atoms with van der Waals surface area (Å²) in [5.74, 6) is 0.816. The first-order valence-electron chi connectivity index (χ1n) is 9.73.